The van der Waals surface area contributed by atoms with Gasteiger partial charge in [-0.15, -0.1) is 0 Å². The fourth-order valence-electron chi connectivity index (χ4n) is 4.63. The second-order valence-corrected chi connectivity index (χ2v) is 10.0. The second-order valence-electron chi connectivity index (χ2n) is 9.01. The van der Waals surface area contributed by atoms with Gasteiger partial charge in [-0.25, -0.2) is 5.10 Å². The Morgan fingerprint density at radius 1 is 1.19 bits per heavy atom. The summed E-state index contributed by atoms with van der Waals surface area (Å²) in [6.07, 6.45) is 1.12. The number of amides is 1. The van der Waals surface area contributed by atoms with Gasteiger partial charge in [-0.05, 0) is 55.9 Å². The molecule has 1 atom stereocenters. The van der Waals surface area contributed by atoms with E-state index < -0.39 is 5.91 Å². The van der Waals surface area contributed by atoms with Crippen LogP contribution in [0, 0.1) is 0 Å². The molecule has 10 heteroatoms. The van der Waals surface area contributed by atoms with Crippen LogP contribution in [0.4, 0.5) is 0 Å². The van der Waals surface area contributed by atoms with Gasteiger partial charge in [0, 0.05) is 42.1 Å². The lowest BCUT2D eigenvalue weighted by atomic mass is 10.0. The molecule has 1 fully saturated rings. The molecule has 0 radical (unpaired) electrons. The molecule has 9 nitrogen and oxygen atoms in total. The number of nitrogens with two attached hydrogens (primary N) is 1. The maximum atomic E-state index is 11.1. The number of ether oxygens (including phenoxy) is 1. The Hall–Kier alpha value is -3.60. The van der Waals surface area contributed by atoms with E-state index in [1.807, 2.05) is 18.2 Å². The first-order valence-electron chi connectivity index (χ1n) is 11.8. The van der Waals surface area contributed by atoms with Crippen LogP contribution in [0.2, 0.25) is 0 Å². The molecule has 0 saturated carbocycles. The van der Waals surface area contributed by atoms with Crippen LogP contribution < -0.4 is 20.7 Å². The van der Waals surface area contributed by atoms with Crippen molar-refractivity contribution in [1.82, 2.24) is 25.4 Å². The van der Waals surface area contributed by atoms with Crippen molar-refractivity contribution < 1.29 is 9.53 Å². The van der Waals surface area contributed by atoms with E-state index in [2.05, 4.69) is 33.5 Å². The van der Waals surface area contributed by atoms with Crippen molar-refractivity contribution in [2.24, 2.45) is 5.73 Å². The van der Waals surface area contributed by atoms with E-state index in [1.165, 1.54) is 22.5 Å². The van der Waals surface area contributed by atoms with E-state index in [0.717, 1.165) is 54.2 Å². The van der Waals surface area contributed by atoms with Crippen LogP contribution in [-0.2, 0) is 19.7 Å². The zero-order valence-corrected chi connectivity index (χ0v) is 20.8. The molecule has 2 aromatic heterocycles. The normalized spacial score (nSPS) is 17.0. The molecule has 0 bridgehead atoms. The standard InChI is InChI=1S/C19H17N3O2.C7H11N3OS/c20-19(23)12-5-7-13(8-6-12)24-11-16-14-3-1-2-4-17(14)22-18-10-21-9-15(16)18;1-10-3-2-5(4-10)6-8-9-7(11)12-6/h1-8,21H,9-11H2,(H2,20,23);5H,2-4H2,1H3,(H,9,11)/t;5-/m.1/s1. The van der Waals surface area contributed by atoms with Crippen molar-refractivity contribution in [2.45, 2.75) is 32.0 Å². The summed E-state index contributed by atoms with van der Waals surface area (Å²) in [5, 5.41) is 11.9. The summed E-state index contributed by atoms with van der Waals surface area (Å²) in [5.74, 6) is 0.741. The van der Waals surface area contributed by atoms with E-state index in [9.17, 15) is 9.59 Å². The fraction of sp³-hybridized carbons (Fsp3) is 0.308. The summed E-state index contributed by atoms with van der Waals surface area (Å²) in [5.41, 5.74) is 10.2. The number of likely N-dealkylation sites (N-methyl/N-ethyl adjacent to an activating group) is 1. The van der Waals surface area contributed by atoms with Crippen molar-refractivity contribution in [3.05, 3.63) is 85.6 Å². The lowest BCUT2D eigenvalue weighted by Gasteiger charge is -2.13. The predicted octanol–water partition coefficient (Wildman–Crippen LogP) is 2.77. The third-order valence-corrected chi connectivity index (χ3v) is 7.42. The van der Waals surface area contributed by atoms with E-state index in [1.54, 1.807) is 24.3 Å². The van der Waals surface area contributed by atoms with Gasteiger partial charge in [0.25, 0.3) is 0 Å². The number of fused-ring (bicyclic) bond motifs is 2. The van der Waals surface area contributed by atoms with E-state index >= 15 is 0 Å². The average Bonchev–Trinajstić information content (AvgIpc) is 3.63. The summed E-state index contributed by atoms with van der Waals surface area (Å²) in [6.45, 7) is 4.20. The third kappa shape index (κ3) is 5.30. The first kappa shape index (κ1) is 24.1. The van der Waals surface area contributed by atoms with Crippen molar-refractivity contribution >= 4 is 28.1 Å². The summed E-state index contributed by atoms with van der Waals surface area (Å²) in [7, 11) is 2.09. The SMILES string of the molecule is CN1CC[C@@H](c2n[nH]c(=O)s2)C1.NC(=O)c1ccc(OCc2c3c(nc4ccccc24)CNC3)cc1. The van der Waals surface area contributed by atoms with Gasteiger partial charge < -0.3 is 20.7 Å². The summed E-state index contributed by atoms with van der Waals surface area (Å²) >= 11 is 1.24. The Morgan fingerprint density at radius 3 is 2.69 bits per heavy atom. The Kier molecular flexibility index (Phi) is 7.08. The number of aromatic nitrogens is 3. The van der Waals surface area contributed by atoms with Gasteiger partial charge in [0.05, 0.1) is 11.2 Å². The smallest absolute Gasteiger partial charge is 0.322 e. The molecular formula is C26H28N6O3S. The number of nitrogens with zero attached hydrogens (tertiary/aromatic N) is 3. The number of carbonyl (C=O) groups excluding carboxylic acids is 1. The number of likely N-dealkylation sites (tertiary alicyclic amines) is 1. The van der Waals surface area contributed by atoms with Crippen LogP contribution in [-0.4, -0.2) is 46.1 Å². The first-order valence-corrected chi connectivity index (χ1v) is 12.7. The van der Waals surface area contributed by atoms with Gasteiger partial charge in [0.2, 0.25) is 5.91 Å². The lowest BCUT2D eigenvalue weighted by Crippen LogP contribution is -2.13. The zero-order chi connectivity index (χ0) is 25.1. The largest absolute Gasteiger partial charge is 0.489 e. The number of rotatable bonds is 5. The molecule has 2 aliphatic heterocycles. The number of nitrogens with one attached hydrogen (secondary N) is 2. The Labute approximate surface area is 212 Å². The number of pyridine rings is 1. The predicted molar refractivity (Wildman–Crippen MR) is 139 cm³/mol. The first-order chi connectivity index (χ1) is 17.5. The second kappa shape index (κ2) is 10.6. The molecule has 4 heterocycles. The van der Waals surface area contributed by atoms with E-state index in [-0.39, 0.29) is 4.87 Å². The lowest BCUT2D eigenvalue weighted by molar-refractivity contribution is 0.1000. The van der Waals surface area contributed by atoms with Crippen LogP contribution in [0.15, 0.2) is 53.3 Å². The Morgan fingerprint density at radius 2 is 2.00 bits per heavy atom. The Bertz CT molecular complexity index is 1430. The number of carbonyl (C=O) groups is 1. The third-order valence-electron chi connectivity index (χ3n) is 6.51. The Balaban J connectivity index is 0.000000186. The maximum absolute atomic E-state index is 11.1. The summed E-state index contributed by atoms with van der Waals surface area (Å²) in [6, 6.07) is 15.0. The molecule has 0 spiro atoms. The van der Waals surface area contributed by atoms with Gasteiger partial charge in [0.15, 0.2) is 0 Å². The molecule has 4 N–H and O–H groups in total. The minimum absolute atomic E-state index is 0.0421. The molecule has 1 saturated heterocycles. The topological polar surface area (TPSA) is 126 Å². The van der Waals surface area contributed by atoms with Gasteiger partial charge >= 0.3 is 4.87 Å². The number of H-pyrrole nitrogens is 1. The molecule has 1 amide bonds. The van der Waals surface area contributed by atoms with Crippen LogP contribution >= 0.6 is 11.3 Å². The molecule has 6 rings (SSSR count). The molecule has 4 aromatic rings. The number of benzene rings is 2. The van der Waals surface area contributed by atoms with Crippen LogP contribution in [0.5, 0.6) is 5.75 Å². The monoisotopic (exact) mass is 504 g/mol. The molecular weight excluding hydrogens is 476 g/mol. The molecule has 186 valence electrons. The fourth-order valence-corrected chi connectivity index (χ4v) is 5.36. The number of para-hydroxylation sites is 1. The van der Waals surface area contributed by atoms with Gasteiger partial charge in [-0.1, -0.05) is 29.5 Å². The highest BCUT2D eigenvalue weighted by molar-refractivity contribution is 7.08. The highest BCUT2D eigenvalue weighted by atomic mass is 32.1. The van der Waals surface area contributed by atoms with Crippen molar-refractivity contribution in [2.75, 3.05) is 20.1 Å². The van der Waals surface area contributed by atoms with E-state index in [0.29, 0.717) is 23.8 Å². The minimum atomic E-state index is -0.439. The minimum Gasteiger partial charge on any atom is -0.489 e. The van der Waals surface area contributed by atoms with Gasteiger partial charge in [0.1, 0.15) is 17.4 Å². The van der Waals surface area contributed by atoms with Gasteiger partial charge in [-0.2, -0.15) is 5.10 Å². The molecule has 2 aliphatic rings. The zero-order valence-electron chi connectivity index (χ0n) is 20.0. The van der Waals surface area contributed by atoms with Crippen LogP contribution in [0.3, 0.4) is 0 Å². The highest BCUT2D eigenvalue weighted by Crippen LogP contribution is 2.28. The van der Waals surface area contributed by atoms with Crippen molar-refractivity contribution in [3.63, 3.8) is 0 Å². The maximum Gasteiger partial charge on any atom is 0.322 e. The quantitative estimate of drug-likeness (QED) is 0.381. The molecule has 36 heavy (non-hydrogen) atoms. The number of hydrogen-bond donors (Lipinski definition) is 3. The van der Waals surface area contributed by atoms with E-state index in [4.69, 9.17) is 15.5 Å². The van der Waals surface area contributed by atoms with Gasteiger partial charge in [-0.3, -0.25) is 14.6 Å². The number of hydrogen-bond acceptors (Lipinski definition) is 8. The van der Waals surface area contributed by atoms with Crippen LogP contribution in [0.1, 0.15) is 44.5 Å². The molecule has 2 aromatic carbocycles. The number of primary amides is 1. The molecule has 0 aliphatic carbocycles. The van der Waals surface area contributed by atoms with Crippen molar-refractivity contribution in [1.29, 1.82) is 0 Å². The summed E-state index contributed by atoms with van der Waals surface area (Å²) < 4.78 is 5.95. The average molecular weight is 505 g/mol. The summed E-state index contributed by atoms with van der Waals surface area (Å²) in [4.78, 5) is 28.9. The van der Waals surface area contributed by atoms with Crippen LogP contribution in [0.25, 0.3) is 10.9 Å². The van der Waals surface area contributed by atoms with Crippen molar-refractivity contribution in [3.8, 4) is 5.75 Å². The molecule has 0 unspecified atom stereocenters. The number of aromatic amines is 1. The highest BCUT2D eigenvalue weighted by Gasteiger charge is 2.23.